The first-order valence-corrected chi connectivity index (χ1v) is 5.96. The summed E-state index contributed by atoms with van der Waals surface area (Å²) in [5.74, 6) is 1.92. The van der Waals surface area contributed by atoms with Crippen molar-refractivity contribution in [3.63, 3.8) is 0 Å². The summed E-state index contributed by atoms with van der Waals surface area (Å²) in [4.78, 5) is 24.3. The van der Waals surface area contributed by atoms with Gasteiger partial charge >= 0.3 is 0 Å². The number of nitrogens with zero attached hydrogens (tertiary/aromatic N) is 1. The maximum absolute atomic E-state index is 11.6. The highest BCUT2D eigenvalue weighted by Gasteiger charge is 2.28. The summed E-state index contributed by atoms with van der Waals surface area (Å²) in [5, 5.41) is 2.61. The van der Waals surface area contributed by atoms with E-state index in [0.717, 1.165) is 11.5 Å². The second kappa shape index (κ2) is 5.24. The van der Waals surface area contributed by atoms with Gasteiger partial charge in [0.1, 0.15) is 6.04 Å². The average Bonchev–Trinajstić information content (AvgIpc) is 2.13. The Hall–Kier alpha value is -0.710. The number of thioether (sulfide) groups is 1. The van der Waals surface area contributed by atoms with E-state index in [1.54, 1.807) is 23.6 Å². The van der Waals surface area contributed by atoms with Crippen LogP contribution < -0.4 is 5.32 Å². The minimum atomic E-state index is -0.358. The van der Waals surface area contributed by atoms with Crippen molar-refractivity contribution in [1.82, 2.24) is 10.2 Å². The fourth-order valence-electron chi connectivity index (χ4n) is 1.38. The molecule has 0 aliphatic carbocycles. The van der Waals surface area contributed by atoms with Gasteiger partial charge in [-0.05, 0) is 12.7 Å². The SMILES string of the molecule is CCSCCN1CC(=O)NC(C)C1=O. The molecule has 1 unspecified atom stereocenters. The molecule has 1 aliphatic heterocycles. The molecule has 5 heteroatoms. The Morgan fingerprint density at radius 2 is 2.29 bits per heavy atom. The van der Waals surface area contributed by atoms with Gasteiger partial charge in [0.2, 0.25) is 11.8 Å². The number of amides is 2. The van der Waals surface area contributed by atoms with Crippen molar-refractivity contribution in [1.29, 1.82) is 0 Å². The summed E-state index contributed by atoms with van der Waals surface area (Å²) >= 11 is 1.78. The van der Waals surface area contributed by atoms with Crippen molar-refractivity contribution in [2.24, 2.45) is 0 Å². The molecule has 14 heavy (non-hydrogen) atoms. The fraction of sp³-hybridized carbons (Fsp3) is 0.778. The number of hydrogen-bond acceptors (Lipinski definition) is 3. The minimum Gasteiger partial charge on any atom is -0.343 e. The van der Waals surface area contributed by atoms with E-state index < -0.39 is 0 Å². The molecular weight excluding hydrogens is 200 g/mol. The van der Waals surface area contributed by atoms with E-state index in [1.165, 1.54) is 0 Å². The van der Waals surface area contributed by atoms with E-state index in [1.807, 2.05) is 0 Å². The van der Waals surface area contributed by atoms with E-state index in [0.29, 0.717) is 6.54 Å². The van der Waals surface area contributed by atoms with Gasteiger partial charge in [-0.15, -0.1) is 0 Å². The first-order chi connectivity index (χ1) is 6.65. The lowest BCUT2D eigenvalue weighted by atomic mass is 10.2. The van der Waals surface area contributed by atoms with Crippen LogP contribution >= 0.6 is 11.8 Å². The van der Waals surface area contributed by atoms with Crippen molar-refractivity contribution < 1.29 is 9.59 Å². The summed E-state index contributed by atoms with van der Waals surface area (Å²) in [7, 11) is 0. The molecular formula is C9H16N2O2S. The van der Waals surface area contributed by atoms with Crippen LogP contribution in [0.25, 0.3) is 0 Å². The number of rotatable bonds is 4. The molecule has 0 spiro atoms. The molecule has 1 saturated heterocycles. The van der Waals surface area contributed by atoms with Crippen molar-refractivity contribution in [2.45, 2.75) is 19.9 Å². The molecule has 1 N–H and O–H groups in total. The Morgan fingerprint density at radius 3 is 2.93 bits per heavy atom. The predicted molar refractivity (Wildman–Crippen MR) is 57.2 cm³/mol. The van der Waals surface area contributed by atoms with Gasteiger partial charge in [-0.25, -0.2) is 0 Å². The number of nitrogens with one attached hydrogen (secondary N) is 1. The summed E-state index contributed by atoms with van der Waals surface area (Å²) < 4.78 is 0. The molecule has 2 amide bonds. The second-order valence-electron chi connectivity index (χ2n) is 3.25. The van der Waals surface area contributed by atoms with Crippen LogP contribution in [0.2, 0.25) is 0 Å². The summed E-state index contributed by atoms with van der Waals surface area (Å²) in [6.45, 7) is 4.69. The van der Waals surface area contributed by atoms with Gasteiger partial charge in [0.15, 0.2) is 0 Å². The molecule has 1 fully saturated rings. The van der Waals surface area contributed by atoms with Crippen molar-refractivity contribution >= 4 is 23.6 Å². The maximum Gasteiger partial charge on any atom is 0.245 e. The molecule has 1 atom stereocenters. The molecule has 80 valence electrons. The van der Waals surface area contributed by atoms with Gasteiger partial charge in [-0.2, -0.15) is 11.8 Å². The quantitative estimate of drug-likeness (QED) is 0.677. The first kappa shape index (κ1) is 11.4. The van der Waals surface area contributed by atoms with E-state index in [2.05, 4.69) is 12.2 Å². The standard InChI is InChI=1S/C9H16N2O2S/c1-3-14-5-4-11-6-8(12)10-7(2)9(11)13/h7H,3-6H2,1-2H3,(H,10,12). The van der Waals surface area contributed by atoms with Crippen LogP contribution in [0.3, 0.4) is 0 Å². The zero-order valence-electron chi connectivity index (χ0n) is 8.58. The smallest absolute Gasteiger partial charge is 0.245 e. The van der Waals surface area contributed by atoms with E-state index in [4.69, 9.17) is 0 Å². The van der Waals surface area contributed by atoms with Crippen LogP contribution in [0.1, 0.15) is 13.8 Å². The average molecular weight is 216 g/mol. The lowest BCUT2D eigenvalue weighted by molar-refractivity contribution is -0.143. The Bertz CT molecular complexity index is 233. The van der Waals surface area contributed by atoms with Gasteiger partial charge in [0, 0.05) is 12.3 Å². The van der Waals surface area contributed by atoms with Crippen LogP contribution in [0.15, 0.2) is 0 Å². The maximum atomic E-state index is 11.6. The zero-order valence-corrected chi connectivity index (χ0v) is 9.39. The predicted octanol–water partition coefficient (Wildman–Crippen LogP) is 0.0864. The molecule has 1 rings (SSSR count). The Balaban J connectivity index is 2.41. The van der Waals surface area contributed by atoms with Gasteiger partial charge in [-0.1, -0.05) is 6.92 Å². The third-order valence-corrected chi connectivity index (χ3v) is 2.98. The largest absolute Gasteiger partial charge is 0.343 e. The lowest BCUT2D eigenvalue weighted by Crippen LogP contribution is -2.57. The van der Waals surface area contributed by atoms with Crippen molar-refractivity contribution in [3.8, 4) is 0 Å². The van der Waals surface area contributed by atoms with E-state index in [9.17, 15) is 9.59 Å². The number of carbonyl (C=O) groups is 2. The first-order valence-electron chi connectivity index (χ1n) is 4.81. The Labute approximate surface area is 88.4 Å². The molecule has 1 aliphatic rings. The van der Waals surface area contributed by atoms with E-state index >= 15 is 0 Å². The monoisotopic (exact) mass is 216 g/mol. The number of carbonyl (C=O) groups excluding carboxylic acids is 2. The van der Waals surface area contributed by atoms with Crippen molar-refractivity contribution in [3.05, 3.63) is 0 Å². The third kappa shape index (κ3) is 2.90. The fourth-order valence-corrected chi connectivity index (χ4v) is 2.02. The van der Waals surface area contributed by atoms with E-state index in [-0.39, 0.29) is 24.4 Å². The van der Waals surface area contributed by atoms with Gasteiger partial charge in [0.05, 0.1) is 6.54 Å². The molecule has 0 radical (unpaired) electrons. The van der Waals surface area contributed by atoms with Crippen LogP contribution in [-0.4, -0.2) is 47.4 Å². The Kier molecular flexibility index (Phi) is 4.25. The highest BCUT2D eigenvalue weighted by molar-refractivity contribution is 7.99. The van der Waals surface area contributed by atoms with Gasteiger partial charge in [-0.3, -0.25) is 9.59 Å². The molecule has 1 heterocycles. The third-order valence-electron chi connectivity index (χ3n) is 2.10. The van der Waals surface area contributed by atoms with Gasteiger partial charge in [0.25, 0.3) is 0 Å². The summed E-state index contributed by atoms with van der Waals surface area (Å²) in [6.07, 6.45) is 0. The normalized spacial score (nSPS) is 22.4. The van der Waals surface area contributed by atoms with Crippen LogP contribution in [0.4, 0.5) is 0 Å². The molecule has 0 aromatic rings. The number of piperazine rings is 1. The lowest BCUT2D eigenvalue weighted by Gasteiger charge is -2.30. The highest BCUT2D eigenvalue weighted by Crippen LogP contribution is 2.05. The van der Waals surface area contributed by atoms with Crippen LogP contribution in [0, 0.1) is 0 Å². The molecule has 0 bridgehead atoms. The number of hydrogen-bond donors (Lipinski definition) is 1. The molecule has 4 nitrogen and oxygen atoms in total. The highest BCUT2D eigenvalue weighted by atomic mass is 32.2. The Morgan fingerprint density at radius 1 is 1.57 bits per heavy atom. The molecule has 0 aromatic carbocycles. The topological polar surface area (TPSA) is 49.4 Å². The molecule has 0 aromatic heterocycles. The zero-order chi connectivity index (χ0) is 10.6. The summed E-state index contributed by atoms with van der Waals surface area (Å²) in [6, 6.07) is -0.358. The second-order valence-corrected chi connectivity index (χ2v) is 4.64. The van der Waals surface area contributed by atoms with Crippen LogP contribution in [-0.2, 0) is 9.59 Å². The summed E-state index contributed by atoms with van der Waals surface area (Å²) in [5.41, 5.74) is 0. The van der Waals surface area contributed by atoms with Crippen molar-refractivity contribution in [2.75, 3.05) is 24.6 Å². The molecule has 0 saturated carbocycles. The van der Waals surface area contributed by atoms with Gasteiger partial charge < -0.3 is 10.2 Å². The van der Waals surface area contributed by atoms with Crippen LogP contribution in [0.5, 0.6) is 0 Å². The minimum absolute atomic E-state index is 0.0290.